The Hall–Kier alpha value is -13.1. The third kappa shape index (κ3) is 19.8. The first kappa shape index (κ1) is 82.0. The Morgan fingerprint density at radius 1 is 0.350 bits per heavy atom. The van der Waals surface area contributed by atoms with Crippen molar-refractivity contribution in [2.75, 3.05) is 73.9 Å². The number of nitrogens with one attached hydrogen (secondary N) is 6. The average Bonchev–Trinajstić information content (AvgIpc) is 1.62. The van der Waals surface area contributed by atoms with Crippen LogP contribution in [0.1, 0.15) is 59.4 Å². The minimum absolute atomic E-state index is 0.100. The molecule has 8 aromatic heterocycles. The van der Waals surface area contributed by atoms with E-state index in [4.69, 9.17) is 18.8 Å². The summed E-state index contributed by atoms with van der Waals surface area (Å²) in [6.45, 7) is 2.41. The van der Waals surface area contributed by atoms with Gasteiger partial charge in [0.1, 0.15) is 73.0 Å². The molecule has 0 bridgehead atoms. The van der Waals surface area contributed by atoms with E-state index in [1.54, 1.807) is 17.2 Å². The molecule has 608 valence electrons. The predicted molar refractivity (Wildman–Crippen MR) is 460 cm³/mol. The molecule has 2 aliphatic rings. The highest BCUT2D eigenvalue weighted by Gasteiger charge is 2.45. The number of aliphatic hydroxyl groups excluding tert-OH is 6. The quantitative estimate of drug-likeness (QED) is 0.0155. The molecule has 30 nitrogen and oxygen atoms in total. The Balaban J connectivity index is 0.000000126. The van der Waals surface area contributed by atoms with Gasteiger partial charge in [0, 0.05) is 51.2 Å². The summed E-state index contributed by atoms with van der Waals surface area (Å²) in [5.41, 5.74) is 14.5. The molecule has 0 saturated carbocycles. The fraction of sp³-hybridized carbons (Fsp3) is 0.227. The van der Waals surface area contributed by atoms with Gasteiger partial charge in [0.25, 0.3) is 0 Å². The van der Waals surface area contributed by atoms with Crippen LogP contribution in [0.3, 0.4) is 0 Å². The van der Waals surface area contributed by atoms with E-state index in [0.717, 1.165) is 63.9 Å². The predicted octanol–water partition coefficient (Wildman–Crippen LogP) is 7.32. The summed E-state index contributed by atoms with van der Waals surface area (Å²) in [5.74, 6) is 3.18. The minimum atomic E-state index is -1.22. The van der Waals surface area contributed by atoms with E-state index in [-0.39, 0.29) is 19.7 Å². The summed E-state index contributed by atoms with van der Waals surface area (Å²) in [7, 11) is 0. The molecule has 8 aromatic carbocycles. The molecular formula is C88H90B2N20O10. The maximum Gasteiger partial charge on any atom is 0.361 e. The highest BCUT2D eigenvalue weighted by atomic mass is 16.6. The lowest BCUT2D eigenvalue weighted by Crippen LogP contribution is -2.45. The third-order valence-corrected chi connectivity index (χ3v) is 20.8. The lowest BCUT2D eigenvalue weighted by Gasteiger charge is -2.19. The number of aromatic amines is 2. The molecule has 2 saturated heterocycles. The van der Waals surface area contributed by atoms with Gasteiger partial charge in [-0.3, -0.25) is 9.13 Å². The van der Waals surface area contributed by atoms with Crippen molar-refractivity contribution >= 4 is 104 Å². The molecule has 0 aliphatic carbocycles. The molecule has 32 heteroatoms. The Morgan fingerprint density at radius 3 is 0.983 bits per heavy atom. The number of H-pyrrole nitrogens is 2. The van der Waals surface area contributed by atoms with Crippen molar-refractivity contribution in [3.63, 3.8) is 0 Å². The maximum atomic E-state index is 10.4. The lowest BCUT2D eigenvalue weighted by molar-refractivity contribution is -0.0511. The summed E-state index contributed by atoms with van der Waals surface area (Å²) in [6, 6.07) is 82.7. The molecule has 2 fully saturated rings. The lowest BCUT2D eigenvalue weighted by atomic mass is 9.55. The smallest absolute Gasteiger partial charge is 0.361 e. The SMILES string of the molecule is OCC1OC(n2cnc3c(NCCC(c4ccccc4)c4ccccc4)ncnc32)C(O)C1O.OCC1OC(n2cnc3c(NCCOB(c4ccccc4)c4ccccc4)ncnc32)C(O)C1O.c1ccc(B(OCCNc2ncnc3nc[nH]c23)c2ccccc2)cc1.c1ccc(C(CCNc2ncnc3nc[nH]c23)c2ccccc2)cc1. The van der Waals surface area contributed by atoms with Crippen LogP contribution in [0.15, 0.2) is 293 Å². The van der Waals surface area contributed by atoms with Crippen LogP contribution in [0.2, 0.25) is 0 Å². The van der Waals surface area contributed by atoms with Crippen molar-refractivity contribution in [2.45, 2.75) is 73.8 Å². The zero-order chi connectivity index (χ0) is 82.2. The molecule has 120 heavy (non-hydrogen) atoms. The average molecular weight is 1610 g/mol. The standard InChI is InChI=1S/C25H27N5O4.C24H26BN5O5.C20H19N5.C19H18BN5O/c31-13-19-21(32)22(33)25(34-19)30-15-29-20-23(27-14-28-24(20)30)26-12-11-18(16-7-3-1-4-8-16)17-9-5-2-6-10-17;31-13-18-20(32)21(33)24(35-18)30-15-29-19-22(27-14-28-23(19)30)26-11-12-34-25(16-7-3-1-4-8-16)17-9-5-2-6-10-17;1-3-7-15(8-4-1)17(16-9-5-2-6-10-16)11-12-21-19-18-20(23-13-22-18)25-14-24-19;1-3-7-15(8-4-1)20(16-9-5-2-6-10-16)26-12-11-21-18-17-19(23-13-22-17)25-14-24-18/h1-10,14-15,18-19,21-22,25,31-33H,11-13H2,(H,26,27,28);1-10,14-15,18,20-21,24,31-33H,11-13H2,(H,26,27,28);1-10,13-14,17H,11-12H2,(H2,21,22,23,24,25);1-10,13-14H,11-12H2,(H2,21,22,23,24,25). The second-order valence-corrected chi connectivity index (χ2v) is 28.4. The molecule has 2 aliphatic heterocycles. The van der Waals surface area contributed by atoms with E-state index < -0.39 is 62.3 Å². The molecule has 0 spiro atoms. The number of hydrogen-bond donors (Lipinski definition) is 12. The van der Waals surface area contributed by atoms with Crippen LogP contribution in [0.25, 0.3) is 44.7 Å². The van der Waals surface area contributed by atoms with Crippen molar-refractivity contribution in [1.29, 1.82) is 0 Å². The van der Waals surface area contributed by atoms with Crippen LogP contribution in [0, 0.1) is 0 Å². The number of hydrogen-bond acceptors (Lipinski definition) is 26. The Kier molecular flexibility index (Phi) is 27.9. The van der Waals surface area contributed by atoms with Crippen LogP contribution < -0.4 is 43.1 Å². The van der Waals surface area contributed by atoms with E-state index in [1.165, 1.54) is 64.8 Å². The Bertz CT molecular complexity index is 5620. The van der Waals surface area contributed by atoms with Crippen LogP contribution in [0.4, 0.5) is 23.3 Å². The normalized spacial score (nSPS) is 17.4. The van der Waals surface area contributed by atoms with E-state index in [2.05, 4.69) is 225 Å². The number of aromatic nitrogens is 16. The minimum Gasteiger partial charge on any atom is -0.425 e. The number of ether oxygens (including phenoxy) is 2. The summed E-state index contributed by atoms with van der Waals surface area (Å²) in [6.07, 6.45) is 5.48. The first-order valence-electron chi connectivity index (χ1n) is 39.6. The van der Waals surface area contributed by atoms with Crippen molar-refractivity contribution in [3.8, 4) is 0 Å². The van der Waals surface area contributed by atoms with Crippen molar-refractivity contribution in [2.24, 2.45) is 0 Å². The largest absolute Gasteiger partial charge is 0.425 e. The molecule has 16 aromatic rings. The van der Waals surface area contributed by atoms with E-state index in [1.807, 2.05) is 109 Å². The van der Waals surface area contributed by atoms with Crippen molar-refractivity contribution in [3.05, 3.63) is 316 Å². The molecular weight excluding hydrogens is 1520 g/mol. The summed E-state index contributed by atoms with van der Waals surface area (Å²) < 4.78 is 26.8. The highest BCUT2D eigenvalue weighted by molar-refractivity contribution is 6.80. The monoisotopic (exact) mass is 1610 g/mol. The van der Waals surface area contributed by atoms with Crippen LogP contribution in [-0.2, 0) is 18.8 Å². The number of benzene rings is 8. The molecule has 12 N–H and O–H groups in total. The topological polar surface area (TPSA) is 403 Å². The van der Waals surface area contributed by atoms with Crippen LogP contribution in [0.5, 0.6) is 0 Å². The molecule has 8 atom stereocenters. The van der Waals surface area contributed by atoms with Crippen molar-refractivity contribution in [1.82, 2.24) is 78.9 Å². The van der Waals surface area contributed by atoms with Crippen LogP contribution in [-0.4, -0.2) is 213 Å². The van der Waals surface area contributed by atoms with E-state index in [9.17, 15) is 30.6 Å². The van der Waals surface area contributed by atoms with Gasteiger partial charge in [-0.1, -0.05) is 243 Å². The third-order valence-electron chi connectivity index (χ3n) is 20.8. The number of imidazole rings is 4. The van der Waals surface area contributed by atoms with Crippen molar-refractivity contribution < 1.29 is 49.4 Å². The van der Waals surface area contributed by atoms with E-state index in [0.29, 0.717) is 84.0 Å². The number of anilines is 4. The molecule has 8 unspecified atom stereocenters. The Morgan fingerprint density at radius 2 is 0.650 bits per heavy atom. The van der Waals surface area contributed by atoms with Gasteiger partial charge in [0.05, 0.1) is 38.5 Å². The van der Waals surface area contributed by atoms with Gasteiger partial charge >= 0.3 is 13.8 Å². The van der Waals surface area contributed by atoms with E-state index >= 15 is 0 Å². The zero-order valence-electron chi connectivity index (χ0n) is 65.3. The van der Waals surface area contributed by atoms with Gasteiger partial charge in [-0.05, 0) is 56.9 Å². The summed E-state index contributed by atoms with van der Waals surface area (Å²) in [5, 5.41) is 73.0. The van der Waals surface area contributed by atoms with Gasteiger partial charge in [-0.2, -0.15) is 0 Å². The van der Waals surface area contributed by atoms with Gasteiger partial charge in [-0.25, -0.2) is 59.8 Å². The fourth-order valence-corrected chi connectivity index (χ4v) is 14.8. The second-order valence-electron chi connectivity index (χ2n) is 28.4. The van der Waals surface area contributed by atoms with Crippen LogP contribution >= 0.6 is 0 Å². The zero-order valence-corrected chi connectivity index (χ0v) is 65.3. The second kappa shape index (κ2) is 40.8. The summed E-state index contributed by atoms with van der Waals surface area (Å²) in [4.78, 5) is 57.4. The highest BCUT2D eigenvalue weighted by Crippen LogP contribution is 2.36. The van der Waals surface area contributed by atoms with Gasteiger partial charge < -0.3 is 80.7 Å². The van der Waals surface area contributed by atoms with Gasteiger partial charge in [0.2, 0.25) is 0 Å². The van der Waals surface area contributed by atoms with Gasteiger partial charge in [0.15, 0.2) is 69.3 Å². The Labute approximate surface area is 691 Å². The molecule has 18 rings (SSSR count). The molecule has 10 heterocycles. The number of rotatable bonds is 30. The first-order chi connectivity index (χ1) is 59.2. The first-order valence-corrected chi connectivity index (χ1v) is 39.6. The molecule has 0 amide bonds. The summed E-state index contributed by atoms with van der Waals surface area (Å²) >= 11 is 0. The molecule has 0 radical (unpaired) electrons. The number of aliphatic hydroxyl groups is 6. The number of nitrogens with zero attached hydrogens (tertiary/aromatic N) is 14. The fourth-order valence-electron chi connectivity index (χ4n) is 14.8. The number of fused-ring (bicyclic) bond motifs is 4. The van der Waals surface area contributed by atoms with Gasteiger partial charge in [-0.15, -0.1) is 0 Å². The maximum absolute atomic E-state index is 10.4.